The molecule has 0 aliphatic rings. The van der Waals surface area contributed by atoms with E-state index in [2.05, 4.69) is 10.2 Å². The molecule has 18 heavy (non-hydrogen) atoms. The van der Waals surface area contributed by atoms with Gasteiger partial charge in [-0.25, -0.2) is 0 Å². The molecule has 0 radical (unpaired) electrons. The van der Waals surface area contributed by atoms with E-state index in [0.29, 0.717) is 0 Å². The molecule has 0 saturated carbocycles. The number of carbonyl (C=O) groups excluding carboxylic acids is 1. The summed E-state index contributed by atoms with van der Waals surface area (Å²) in [7, 11) is 0. The molecule has 0 unspecified atom stereocenters. The fourth-order valence-corrected chi connectivity index (χ4v) is 1.54. The molecule has 0 fully saturated rings. The molecule has 5 heteroatoms. The Morgan fingerprint density at radius 1 is 1.44 bits per heavy atom. The van der Waals surface area contributed by atoms with Gasteiger partial charge in [0.2, 0.25) is 0 Å². The van der Waals surface area contributed by atoms with Crippen molar-refractivity contribution in [2.75, 3.05) is 0 Å². The van der Waals surface area contributed by atoms with E-state index >= 15 is 0 Å². The van der Waals surface area contributed by atoms with Crippen LogP contribution in [0, 0.1) is 11.3 Å². The van der Waals surface area contributed by atoms with E-state index in [-0.39, 0.29) is 5.57 Å². The molecule has 1 aromatic carbocycles. The molecule has 0 spiro atoms. The summed E-state index contributed by atoms with van der Waals surface area (Å²) >= 11 is 0. The van der Waals surface area contributed by atoms with Crippen molar-refractivity contribution in [1.29, 1.82) is 5.26 Å². The van der Waals surface area contributed by atoms with Crippen molar-refractivity contribution < 1.29 is 4.79 Å². The van der Waals surface area contributed by atoms with Crippen LogP contribution in [0.5, 0.6) is 0 Å². The van der Waals surface area contributed by atoms with E-state index in [1.54, 1.807) is 24.5 Å². The predicted molar refractivity (Wildman–Crippen MR) is 66.8 cm³/mol. The van der Waals surface area contributed by atoms with Gasteiger partial charge in [-0.05, 0) is 23.3 Å². The van der Waals surface area contributed by atoms with Gasteiger partial charge in [0.25, 0.3) is 5.91 Å². The standard InChI is InChI=1S/C13H10N4O/c14-6-11(13(15)18)5-9-2-1-3-10(4-9)12-7-16-17-8-12/h1-5,7-8H,(H2,15,18)(H,16,17). The van der Waals surface area contributed by atoms with E-state index < -0.39 is 5.91 Å². The van der Waals surface area contributed by atoms with E-state index in [0.717, 1.165) is 16.7 Å². The number of H-pyrrole nitrogens is 1. The Bertz CT molecular complexity index is 635. The molecule has 1 aromatic heterocycles. The minimum Gasteiger partial charge on any atom is -0.365 e. The second-order valence-corrected chi connectivity index (χ2v) is 3.65. The lowest BCUT2D eigenvalue weighted by molar-refractivity contribution is -0.114. The quantitative estimate of drug-likeness (QED) is 0.626. The van der Waals surface area contributed by atoms with Gasteiger partial charge in [0.1, 0.15) is 11.6 Å². The maximum Gasteiger partial charge on any atom is 0.259 e. The van der Waals surface area contributed by atoms with Crippen LogP contribution in [0.15, 0.2) is 42.2 Å². The molecule has 0 atom stereocenters. The van der Waals surface area contributed by atoms with Crippen LogP contribution < -0.4 is 5.73 Å². The number of nitriles is 1. The van der Waals surface area contributed by atoms with Crippen LogP contribution in [0.1, 0.15) is 5.56 Å². The number of aromatic amines is 1. The van der Waals surface area contributed by atoms with Gasteiger partial charge in [0, 0.05) is 11.8 Å². The van der Waals surface area contributed by atoms with E-state index in [4.69, 9.17) is 11.0 Å². The Morgan fingerprint density at radius 2 is 2.28 bits per heavy atom. The number of nitrogens with one attached hydrogen (secondary N) is 1. The van der Waals surface area contributed by atoms with Crippen molar-refractivity contribution in [3.05, 3.63) is 47.8 Å². The number of hydrogen-bond acceptors (Lipinski definition) is 3. The number of rotatable bonds is 3. The summed E-state index contributed by atoms with van der Waals surface area (Å²) in [6.07, 6.45) is 4.93. The number of amides is 1. The lowest BCUT2D eigenvalue weighted by Crippen LogP contribution is -2.12. The Balaban J connectivity index is 2.40. The average Bonchev–Trinajstić information content (AvgIpc) is 2.90. The molecule has 3 N–H and O–H groups in total. The van der Waals surface area contributed by atoms with Crippen molar-refractivity contribution in [3.63, 3.8) is 0 Å². The average molecular weight is 238 g/mol. The lowest BCUT2D eigenvalue weighted by Gasteiger charge is -1.99. The third kappa shape index (κ3) is 2.44. The van der Waals surface area contributed by atoms with Crippen molar-refractivity contribution in [1.82, 2.24) is 10.2 Å². The van der Waals surface area contributed by atoms with Gasteiger partial charge in [-0.15, -0.1) is 0 Å². The topological polar surface area (TPSA) is 95.6 Å². The second-order valence-electron chi connectivity index (χ2n) is 3.65. The van der Waals surface area contributed by atoms with Crippen LogP contribution in [-0.2, 0) is 4.79 Å². The number of benzene rings is 1. The highest BCUT2D eigenvalue weighted by Gasteiger charge is 2.04. The van der Waals surface area contributed by atoms with Crippen LogP contribution >= 0.6 is 0 Å². The summed E-state index contributed by atoms with van der Waals surface area (Å²) in [6, 6.07) is 9.17. The van der Waals surface area contributed by atoms with Crippen molar-refractivity contribution >= 4 is 12.0 Å². The molecule has 1 heterocycles. The number of nitrogens with two attached hydrogens (primary N) is 1. The number of primary amides is 1. The number of hydrogen-bond donors (Lipinski definition) is 2. The first kappa shape index (κ1) is 11.6. The van der Waals surface area contributed by atoms with Gasteiger partial charge >= 0.3 is 0 Å². The minimum atomic E-state index is -0.730. The smallest absolute Gasteiger partial charge is 0.259 e. The summed E-state index contributed by atoms with van der Waals surface area (Å²) in [5.74, 6) is -0.730. The molecule has 5 nitrogen and oxygen atoms in total. The summed E-state index contributed by atoms with van der Waals surface area (Å²) in [6.45, 7) is 0. The number of carbonyl (C=O) groups is 1. The molecule has 0 saturated heterocycles. The molecule has 0 aliphatic carbocycles. The van der Waals surface area contributed by atoms with Crippen LogP contribution in [0.25, 0.3) is 17.2 Å². The zero-order valence-electron chi connectivity index (χ0n) is 9.42. The first-order chi connectivity index (χ1) is 8.70. The third-order valence-electron chi connectivity index (χ3n) is 2.42. The fourth-order valence-electron chi connectivity index (χ4n) is 1.54. The third-order valence-corrected chi connectivity index (χ3v) is 2.42. The lowest BCUT2D eigenvalue weighted by atomic mass is 10.0. The zero-order valence-corrected chi connectivity index (χ0v) is 9.42. The highest BCUT2D eigenvalue weighted by atomic mass is 16.1. The first-order valence-corrected chi connectivity index (χ1v) is 5.21. The normalized spacial score (nSPS) is 10.9. The van der Waals surface area contributed by atoms with Crippen molar-refractivity contribution in [2.24, 2.45) is 5.73 Å². The Labute approximate surface area is 104 Å². The Kier molecular flexibility index (Phi) is 3.21. The highest BCUT2D eigenvalue weighted by Crippen LogP contribution is 2.20. The maximum absolute atomic E-state index is 11.0. The molecule has 2 rings (SSSR count). The monoisotopic (exact) mass is 238 g/mol. The molecule has 0 bridgehead atoms. The summed E-state index contributed by atoms with van der Waals surface area (Å²) in [5, 5.41) is 15.4. The summed E-state index contributed by atoms with van der Waals surface area (Å²) < 4.78 is 0. The zero-order chi connectivity index (χ0) is 13.0. The minimum absolute atomic E-state index is 0.0701. The van der Waals surface area contributed by atoms with Gasteiger partial charge in [-0.3, -0.25) is 9.89 Å². The summed E-state index contributed by atoms with van der Waals surface area (Å²) in [5.41, 5.74) is 7.63. The fraction of sp³-hybridized carbons (Fsp3) is 0. The second kappa shape index (κ2) is 4.97. The van der Waals surface area contributed by atoms with Crippen molar-refractivity contribution in [2.45, 2.75) is 0 Å². The van der Waals surface area contributed by atoms with Crippen LogP contribution in [0.2, 0.25) is 0 Å². The SMILES string of the molecule is N#CC(=Cc1cccc(-c2cn[nH]c2)c1)C(N)=O. The van der Waals surface area contributed by atoms with Crippen LogP contribution in [0.4, 0.5) is 0 Å². The largest absolute Gasteiger partial charge is 0.365 e. The Hall–Kier alpha value is -2.87. The first-order valence-electron chi connectivity index (χ1n) is 5.21. The van der Waals surface area contributed by atoms with Crippen molar-refractivity contribution in [3.8, 4) is 17.2 Å². The van der Waals surface area contributed by atoms with E-state index in [1.165, 1.54) is 6.08 Å². The predicted octanol–water partition coefficient (Wildman–Crippen LogP) is 1.47. The number of aromatic nitrogens is 2. The maximum atomic E-state index is 11.0. The van der Waals surface area contributed by atoms with Crippen LogP contribution in [0.3, 0.4) is 0 Å². The molecule has 88 valence electrons. The van der Waals surface area contributed by atoms with Gasteiger partial charge in [0.05, 0.1) is 6.20 Å². The molecular weight excluding hydrogens is 228 g/mol. The highest BCUT2D eigenvalue weighted by molar-refractivity contribution is 6.00. The van der Waals surface area contributed by atoms with Gasteiger partial charge in [0.15, 0.2) is 0 Å². The summed E-state index contributed by atoms with van der Waals surface area (Å²) in [4.78, 5) is 11.0. The molecule has 2 aromatic rings. The molecule has 1 amide bonds. The van der Waals surface area contributed by atoms with Gasteiger partial charge < -0.3 is 5.73 Å². The van der Waals surface area contributed by atoms with Gasteiger partial charge in [-0.1, -0.05) is 18.2 Å². The van der Waals surface area contributed by atoms with E-state index in [9.17, 15) is 4.79 Å². The molecular formula is C13H10N4O. The van der Waals surface area contributed by atoms with E-state index in [1.807, 2.05) is 18.2 Å². The van der Waals surface area contributed by atoms with Crippen LogP contribution in [-0.4, -0.2) is 16.1 Å². The Morgan fingerprint density at radius 3 is 2.89 bits per heavy atom. The molecule has 0 aliphatic heterocycles. The number of nitrogens with zero attached hydrogens (tertiary/aromatic N) is 2. The van der Waals surface area contributed by atoms with Gasteiger partial charge in [-0.2, -0.15) is 10.4 Å².